The lowest BCUT2D eigenvalue weighted by Gasteiger charge is -2.24. The van der Waals surface area contributed by atoms with Gasteiger partial charge in [0.2, 0.25) is 0 Å². The fraction of sp³-hybridized carbons (Fsp3) is 0.438. The van der Waals surface area contributed by atoms with Crippen molar-refractivity contribution in [2.24, 2.45) is 0 Å². The zero-order chi connectivity index (χ0) is 14.9. The number of anilines is 1. The lowest BCUT2D eigenvalue weighted by atomic mass is 10.0. The lowest BCUT2D eigenvalue weighted by molar-refractivity contribution is 0.185. The molecular weight excluding hydrogens is 250 g/mol. The molecule has 0 saturated heterocycles. The van der Waals surface area contributed by atoms with Crippen LogP contribution in [0.3, 0.4) is 0 Å². The molecular formula is C16H23N3O. The van der Waals surface area contributed by atoms with Gasteiger partial charge in [0, 0.05) is 18.2 Å². The minimum Gasteiger partial charge on any atom is -0.383 e. The number of nitrogen functional groups attached to an aromatic ring is 1. The fourth-order valence-electron chi connectivity index (χ4n) is 2.63. The van der Waals surface area contributed by atoms with E-state index in [0.29, 0.717) is 12.4 Å². The number of nitrogens with zero attached hydrogens (tertiary/aromatic N) is 2. The number of benzene rings is 1. The van der Waals surface area contributed by atoms with Crippen molar-refractivity contribution in [2.45, 2.75) is 39.8 Å². The number of ether oxygens (including phenoxy) is 1. The van der Waals surface area contributed by atoms with Crippen LogP contribution >= 0.6 is 0 Å². The molecule has 0 aliphatic heterocycles. The second kappa shape index (κ2) is 5.29. The Morgan fingerprint density at radius 3 is 2.45 bits per heavy atom. The van der Waals surface area contributed by atoms with Crippen molar-refractivity contribution in [2.75, 3.05) is 12.8 Å². The van der Waals surface area contributed by atoms with E-state index < -0.39 is 0 Å². The number of hydrogen-bond donors (Lipinski definition) is 1. The van der Waals surface area contributed by atoms with Crippen LogP contribution in [0.5, 0.6) is 0 Å². The first-order valence-electron chi connectivity index (χ1n) is 6.78. The summed E-state index contributed by atoms with van der Waals surface area (Å²) in [5.74, 6) is 1.63. The Hall–Kier alpha value is -1.81. The maximum Gasteiger partial charge on any atom is 0.132 e. The number of methoxy groups -OCH3 is 1. The van der Waals surface area contributed by atoms with Crippen LogP contribution in [0.25, 0.3) is 11.3 Å². The molecule has 2 aromatic rings. The van der Waals surface area contributed by atoms with Crippen LogP contribution in [0.15, 0.2) is 24.3 Å². The highest BCUT2D eigenvalue weighted by Gasteiger charge is 2.23. The third-order valence-electron chi connectivity index (χ3n) is 3.32. The molecule has 20 heavy (non-hydrogen) atoms. The molecule has 0 amide bonds. The number of aryl methyl sites for hydroxylation is 1. The van der Waals surface area contributed by atoms with E-state index in [2.05, 4.69) is 30.3 Å². The van der Waals surface area contributed by atoms with Crippen LogP contribution in [0.2, 0.25) is 0 Å². The van der Waals surface area contributed by atoms with Crippen molar-refractivity contribution >= 4 is 5.82 Å². The average molecular weight is 273 g/mol. The van der Waals surface area contributed by atoms with Gasteiger partial charge in [-0.3, -0.25) is 0 Å². The van der Waals surface area contributed by atoms with Gasteiger partial charge >= 0.3 is 0 Å². The summed E-state index contributed by atoms with van der Waals surface area (Å²) in [4.78, 5) is 4.67. The predicted octanol–water partition coefficient (Wildman–Crippen LogP) is 3.34. The van der Waals surface area contributed by atoms with Gasteiger partial charge in [-0.1, -0.05) is 24.3 Å². The third kappa shape index (κ3) is 2.56. The standard InChI is InChI=1S/C16H23N3O/c1-11-18-14(15(17)19(11)16(2,3)4)13-9-7-6-8-12(13)10-20-5/h6-9H,10,17H2,1-5H3. The molecule has 4 nitrogen and oxygen atoms in total. The van der Waals surface area contributed by atoms with Gasteiger partial charge < -0.3 is 15.0 Å². The second-order valence-electron chi connectivity index (χ2n) is 5.99. The van der Waals surface area contributed by atoms with Gasteiger partial charge in [-0.25, -0.2) is 4.98 Å². The Balaban J connectivity index is 2.61. The zero-order valence-corrected chi connectivity index (χ0v) is 12.9. The van der Waals surface area contributed by atoms with E-state index in [9.17, 15) is 0 Å². The van der Waals surface area contributed by atoms with Crippen molar-refractivity contribution in [3.63, 3.8) is 0 Å². The molecule has 1 heterocycles. The van der Waals surface area contributed by atoms with Gasteiger partial charge in [-0.15, -0.1) is 0 Å². The molecule has 0 saturated carbocycles. The van der Waals surface area contributed by atoms with Crippen molar-refractivity contribution in [1.82, 2.24) is 9.55 Å². The topological polar surface area (TPSA) is 53.1 Å². The summed E-state index contributed by atoms with van der Waals surface area (Å²) in [6, 6.07) is 8.09. The van der Waals surface area contributed by atoms with E-state index in [4.69, 9.17) is 10.5 Å². The van der Waals surface area contributed by atoms with Crippen molar-refractivity contribution in [3.05, 3.63) is 35.7 Å². The smallest absolute Gasteiger partial charge is 0.132 e. The fourth-order valence-corrected chi connectivity index (χ4v) is 2.63. The largest absolute Gasteiger partial charge is 0.383 e. The predicted molar refractivity (Wildman–Crippen MR) is 82.5 cm³/mol. The van der Waals surface area contributed by atoms with Crippen LogP contribution in [-0.4, -0.2) is 16.7 Å². The second-order valence-corrected chi connectivity index (χ2v) is 5.99. The number of rotatable bonds is 3. The first-order valence-corrected chi connectivity index (χ1v) is 6.78. The maximum atomic E-state index is 6.35. The molecule has 0 aliphatic rings. The summed E-state index contributed by atoms with van der Waals surface area (Å²) < 4.78 is 7.33. The van der Waals surface area contributed by atoms with Gasteiger partial charge in [0.25, 0.3) is 0 Å². The SMILES string of the molecule is COCc1ccccc1-c1nc(C)n(C(C)(C)C)c1N. The average Bonchev–Trinajstić information content (AvgIpc) is 2.65. The van der Waals surface area contributed by atoms with E-state index in [1.165, 1.54) is 0 Å². The van der Waals surface area contributed by atoms with Gasteiger partial charge in [-0.2, -0.15) is 0 Å². The third-order valence-corrected chi connectivity index (χ3v) is 3.32. The molecule has 0 spiro atoms. The molecule has 2 N–H and O–H groups in total. The van der Waals surface area contributed by atoms with Gasteiger partial charge in [0.05, 0.1) is 6.61 Å². The molecule has 4 heteroatoms. The summed E-state index contributed by atoms with van der Waals surface area (Å²) in [6.45, 7) is 8.93. The van der Waals surface area contributed by atoms with Crippen molar-refractivity contribution in [1.29, 1.82) is 0 Å². The highest BCUT2D eigenvalue weighted by molar-refractivity contribution is 5.74. The number of imidazole rings is 1. The summed E-state index contributed by atoms with van der Waals surface area (Å²) in [5, 5.41) is 0. The molecule has 0 fully saturated rings. The Bertz CT molecular complexity index is 609. The summed E-state index contributed by atoms with van der Waals surface area (Å²) >= 11 is 0. The summed E-state index contributed by atoms with van der Waals surface area (Å²) in [6.07, 6.45) is 0. The first-order chi connectivity index (χ1) is 9.36. The quantitative estimate of drug-likeness (QED) is 0.933. The number of hydrogen-bond acceptors (Lipinski definition) is 3. The summed E-state index contributed by atoms with van der Waals surface area (Å²) in [5.41, 5.74) is 9.23. The van der Waals surface area contributed by atoms with Crippen LogP contribution in [0.4, 0.5) is 5.82 Å². The van der Waals surface area contributed by atoms with E-state index in [0.717, 1.165) is 22.6 Å². The van der Waals surface area contributed by atoms with Crippen LogP contribution in [0, 0.1) is 6.92 Å². The number of aromatic nitrogens is 2. The van der Waals surface area contributed by atoms with Crippen LogP contribution in [0.1, 0.15) is 32.2 Å². The molecule has 0 aliphatic carbocycles. The van der Waals surface area contributed by atoms with Gasteiger partial charge in [0.1, 0.15) is 17.3 Å². The molecule has 0 atom stereocenters. The van der Waals surface area contributed by atoms with Gasteiger partial charge in [-0.05, 0) is 33.3 Å². The van der Waals surface area contributed by atoms with E-state index in [1.54, 1.807) is 7.11 Å². The Morgan fingerprint density at radius 1 is 1.25 bits per heavy atom. The van der Waals surface area contributed by atoms with Crippen LogP contribution < -0.4 is 5.73 Å². The Kier molecular flexibility index (Phi) is 3.86. The number of nitrogens with two attached hydrogens (primary N) is 1. The molecule has 0 unspecified atom stereocenters. The highest BCUT2D eigenvalue weighted by atomic mass is 16.5. The van der Waals surface area contributed by atoms with Crippen LogP contribution in [-0.2, 0) is 16.9 Å². The molecule has 1 aromatic heterocycles. The first kappa shape index (κ1) is 14.6. The maximum absolute atomic E-state index is 6.35. The van der Waals surface area contributed by atoms with E-state index >= 15 is 0 Å². The molecule has 0 bridgehead atoms. The molecule has 0 radical (unpaired) electrons. The molecule has 108 valence electrons. The van der Waals surface area contributed by atoms with Crippen molar-refractivity contribution < 1.29 is 4.74 Å². The Labute approximate surface area is 120 Å². The van der Waals surface area contributed by atoms with E-state index in [1.807, 2.05) is 31.2 Å². The normalized spacial score (nSPS) is 11.8. The van der Waals surface area contributed by atoms with Gasteiger partial charge in [0.15, 0.2) is 0 Å². The molecule has 1 aromatic carbocycles. The van der Waals surface area contributed by atoms with Crippen molar-refractivity contribution in [3.8, 4) is 11.3 Å². The minimum atomic E-state index is -0.0877. The monoisotopic (exact) mass is 273 g/mol. The summed E-state index contributed by atoms with van der Waals surface area (Å²) in [7, 11) is 1.69. The zero-order valence-electron chi connectivity index (χ0n) is 12.9. The van der Waals surface area contributed by atoms with E-state index in [-0.39, 0.29) is 5.54 Å². The highest BCUT2D eigenvalue weighted by Crippen LogP contribution is 2.33. The minimum absolute atomic E-state index is 0.0877. The lowest BCUT2D eigenvalue weighted by Crippen LogP contribution is -2.24. The Morgan fingerprint density at radius 2 is 1.90 bits per heavy atom. The molecule has 2 rings (SSSR count).